The molecule has 2 N–H and O–H groups in total. The van der Waals surface area contributed by atoms with E-state index in [1.54, 1.807) is 11.3 Å². The van der Waals surface area contributed by atoms with Crippen molar-refractivity contribution in [2.45, 2.75) is 25.9 Å². The van der Waals surface area contributed by atoms with E-state index in [-0.39, 0.29) is 0 Å². The van der Waals surface area contributed by atoms with E-state index in [1.807, 2.05) is 25.2 Å². The molecule has 2 aromatic carbocycles. The van der Waals surface area contributed by atoms with Crippen LogP contribution in [-0.2, 0) is 6.54 Å². The van der Waals surface area contributed by atoms with Gasteiger partial charge in [0, 0.05) is 42.8 Å². The topological polar surface area (TPSA) is 52.6 Å². The molecule has 0 spiro atoms. The van der Waals surface area contributed by atoms with Crippen molar-refractivity contribution in [2.24, 2.45) is 4.99 Å². The van der Waals surface area contributed by atoms with E-state index < -0.39 is 0 Å². The Morgan fingerprint density at radius 2 is 1.97 bits per heavy atom. The van der Waals surface area contributed by atoms with Gasteiger partial charge in [0.2, 0.25) is 0 Å². The molecule has 29 heavy (non-hydrogen) atoms. The van der Waals surface area contributed by atoms with E-state index in [0.29, 0.717) is 12.6 Å². The highest BCUT2D eigenvalue weighted by molar-refractivity contribution is 7.09. The number of hydrogen-bond acceptors (Lipinski definition) is 4. The smallest absolute Gasteiger partial charge is 0.191 e. The van der Waals surface area contributed by atoms with Crippen LogP contribution in [0.1, 0.15) is 17.0 Å². The second-order valence-corrected chi connectivity index (χ2v) is 8.27. The highest BCUT2D eigenvalue weighted by atomic mass is 32.1. The summed E-state index contributed by atoms with van der Waals surface area (Å²) in [5, 5.41) is 10.1. The van der Waals surface area contributed by atoms with Crippen LogP contribution in [-0.4, -0.2) is 37.1 Å². The van der Waals surface area contributed by atoms with Crippen LogP contribution in [0.2, 0.25) is 0 Å². The van der Waals surface area contributed by atoms with E-state index in [9.17, 15) is 0 Å². The molecule has 2 heterocycles. The number of nitrogens with one attached hydrogen (secondary N) is 2. The highest BCUT2D eigenvalue weighted by Gasteiger charge is 2.23. The number of benzene rings is 2. The van der Waals surface area contributed by atoms with Crippen LogP contribution in [0.25, 0.3) is 11.3 Å². The van der Waals surface area contributed by atoms with Crippen molar-refractivity contribution >= 4 is 23.0 Å². The highest BCUT2D eigenvalue weighted by Crippen LogP contribution is 2.22. The molecule has 0 aliphatic carbocycles. The Bertz CT molecular complexity index is 949. The van der Waals surface area contributed by atoms with Gasteiger partial charge in [-0.05, 0) is 25.5 Å². The minimum Gasteiger partial charge on any atom is -0.369 e. The van der Waals surface area contributed by atoms with Crippen LogP contribution < -0.4 is 15.5 Å². The molecule has 6 heteroatoms. The number of anilines is 1. The molecule has 1 atom stereocenters. The zero-order valence-corrected chi connectivity index (χ0v) is 17.7. The second-order valence-electron chi connectivity index (χ2n) is 7.33. The molecule has 1 aromatic heterocycles. The summed E-state index contributed by atoms with van der Waals surface area (Å²) in [6, 6.07) is 19.4. The molecule has 1 saturated heterocycles. The second kappa shape index (κ2) is 9.09. The van der Waals surface area contributed by atoms with Crippen LogP contribution >= 0.6 is 11.3 Å². The number of guanidine groups is 1. The van der Waals surface area contributed by atoms with Crippen molar-refractivity contribution in [3.63, 3.8) is 0 Å². The number of rotatable bonds is 5. The first kappa shape index (κ1) is 19.5. The fraction of sp³-hybridized carbons (Fsp3) is 0.304. The fourth-order valence-electron chi connectivity index (χ4n) is 3.55. The lowest BCUT2D eigenvalue weighted by atomic mass is 10.2. The van der Waals surface area contributed by atoms with E-state index in [0.717, 1.165) is 41.7 Å². The Hall–Kier alpha value is -2.86. The Balaban J connectivity index is 1.29. The van der Waals surface area contributed by atoms with Crippen molar-refractivity contribution in [2.75, 3.05) is 25.0 Å². The van der Waals surface area contributed by atoms with E-state index >= 15 is 0 Å². The van der Waals surface area contributed by atoms with Gasteiger partial charge in [-0.1, -0.05) is 48.0 Å². The summed E-state index contributed by atoms with van der Waals surface area (Å²) in [7, 11) is 1.82. The first-order valence-electron chi connectivity index (χ1n) is 10.00. The van der Waals surface area contributed by atoms with Crippen molar-refractivity contribution in [1.82, 2.24) is 15.6 Å². The minimum absolute atomic E-state index is 0.388. The van der Waals surface area contributed by atoms with Crippen molar-refractivity contribution < 1.29 is 0 Å². The Kier molecular flexibility index (Phi) is 6.10. The van der Waals surface area contributed by atoms with Crippen LogP contribution in [0.5, 0.6) is 0 Å². The zero-order chi connectivity index (χ0) is 20.1. The van der Waals surface area contributed by atoms with Gasteiger partial charge >= 0.3 is 0 Å². The minimum atomic E-state index is 0.388. The number of aliphatic imine (C=N–C) groups is 1. The van der Waals surface area contributed by atoms with Gasteiger partial charge in [0.15, 0.2) is 5.96 Å². The first-order chi connectivity index (χ1) is 14.2. The van der Waals surface area contributed by atoms with Crippen molar-refractivity contribution in [3.05, 3.63) is 70.5 Å². The molecule has 3 aromatic rings. The molecule has 1 aliphatic rings. The summed E-state index contributed by atoms with van der Waals surface area (Å²) in [4.78, 5) is 11.6. The summed E-state index contributed by atoms with van der Waals surface area (Å²) in [5.74, 6) is 0.831. The molecular weight excluding hydrogens is 378 g/mol. The van der Waals surface area contributed by atoms with Crippen molar-refractivity contribution in [3.8, 4) is 11.3 Å². The lowest BCUT2D eigenvalue weighted by Gasteiger charge is -2.20. The molecule has 1 fully saturated rings. The Morgan fingerprint density at radius 1 is 1.17 bits per heavy atom. The number of nitrogens with zero attached hydrogens (tertiary/aromatic N) is 3. The molecule has 5 nitrogen and oxygen atoms in total. The van der Waals surface area contributed by atoms with Gasteiger partial charge in [0.1, 0.15) is 5.01 Å². The molecule has 0 amide bonds. The average Bonchev–Trinajstić information content (AvgIpc) is 3.42. The summed E-state index contributed by atoms with van der Waals surface area (Å²) >= 11 is 1.67. The van der Waals surface area contributed by atoms with Gasteiger partial charge in [-0.3, -0.25) is 4.99 Å². The maximum atomic E-state index is 4.74. The van der Waals surface area contributed by atoms with Gasteiger partial charge in [0.25, 0.3) is 0 Å². The van der Waals surface area contributed by atoms with Gasteiger partial charge in [-0.25, -0.2) is 4.98 Å². The number of thiazole rings is 1. The number of hydrogen-bond donors (Lipinski definition) is 2. The lowest BCUT2D eigenvalue weighted by Crippen LogP contribution is -2.44. The maximum absolute atomic E-state index is 4.74. The maximum Gasteiger partial charge on any atom is 0.191 e. The van der Waals surface area contributed by atoms with Crippen molar-refractivity contribution in [1.29, 1.82) is 0 Å². The third-order valence-corrected chi connectivity index (χ3v) is 6.03. The molecule has 0 radical (unpaired) electrons. The molecule has 150 valence electrons. The molecule has 4 rings (SSSR count). The lowest BCUT2D eigenvalue weighted by molar-refractivity contribution is 0.648. The monoisotopic (exact) mass is 405 g/mol. The molecule has 0 saturated carbocycles. The van der Waals surface area contributed by atoms with E-state index in [4.69, 9.17) is 4.98 Å². The van der Waals surface area contributed by atoms with Crippen LogP contribution in [0.3, 0.4) is 0 Å². The van der Waals surface area contributed by atoms with Gasteiger partial charge < -0.3 is 15.5 Å². The zero-order valence-electron chi connectivity index (χ0n) is 16.9. The van der Waals surface area contributed by atoms with Gasteiger partial charge in [-0.2, -0.15) is 0 Å². The Labute approximate surface area is 176 Å². The third-order valence-electron chi connectivity index (χ3n) is 5.18. The standard InChI is InChI=1S/C23H27N5S/c1-17-8-10-20(11-9-17)28-13-12-19(15-28)26-23(24-2)25-14-22-27-21(16-29-22)18-6-4-3-5-7-18/h3-11,16,19H,12-15H2,1-2H3,(H2,24,25,26). The van der Waals surface area contributed by atoms with E-state index in [1.165, 1.54) is 11.3 Å². The summed E-state index contributed by atoms with van der Waals surface area (Å²) < 4.78 is 0. The van der Waals surface area contributed by atoms with Gasteiger partial charge in [0.05, 0.1) is 12.2 Å². The van der Waals surface area contributed by atoms with Crippen LogP contribution in [0, 0.1) is 6.92 Å². The molecular formula is C23H27N5S. The van der Waals surface area contributed by atoms with Crippen LogP contribution in [0.4, 0.5) is 5.69 Å². The molecule has 1 unspecified atom stereocenters. The number of aromatic nitrogens is 1. The quantitative estimate of drug-likeness (QED) is 0.496. The summed E-state index contributed by atoms with van der Waals surface area (Å²) in [6.45, 7) is 4.84. The SMILES string of the molecule is CN=C(NCc1nc(-c2ccccc2)cs1)NC1CCN(c2ccc(C)cc2)C1. The fourth-order valence-corrected chi connectivity index (χ4v) is 4.29. The van der Waals surface area contributed by atoms with Gasteiger partial charge in [-0.15, -0.1) is 11.3 Å². The third kappa shape index (κ3) is 4.95. The average molecular weight is 406 g/mol. The first-order valence-corrected chi connectivity index (χ1v) is 10.9. The Morgan fingerprint density at radius 3 is 2.72 bits per heavy atom. The normalized spacial score (nSPS) is 16.8. The van der Waals surface area contributed by atoms with Crippen LogP contribution in [0.15, 0.2) is 65.0 Å². The molecule has 1 aliphatic heterocycles. The largest absolute Gasteiger partial charge is 0.369 e. The molecule has 0 bridgehead atoms. The summed E-state index contributed by atoms with van der Waals surface area (Å²) in [6.07, 6.45) is 1.10. The predicted octanol–water partition coefficient (Wildman–Crippen LogP) is 4.06. The summed E-state index contributed by atoms with van der Waals surface area (Å²) in [5.41, 5.74) is 4.77. The van der Waals surface area contributed by atoms with E-state index in [2.05, 4.69) is 69.2 Å². The number of aryl methyl sites for hydroxylation is 1. The predicted molar refractivity (Wildman–Crippen MR) is 123 cm³/mol.